The first-order chi connectivity index (χ1) is 37.9. The smallest absolute Gasteiger partial charge is 0.326 e. The predicted molar refractivity (Wildman–Crippen MR) is 304 cm³/mol. The van der Waals surface area contributed by atoms with Crippen LogP contribution in [0.4, 0.5) is 0 Å². The van der Waals surface area contributed by atoms with Crippen molar-refractivity contribution in [1.82, 2.24) is 52.2 Å². The van der Waals surface area contributed by atoms with Crippen molar-refractivity contribution in [3.8, 4) is 0 Å². The zero-order valence-corrected chi connectivity index (χ0v) is 45.4. The third kappa shape index (κ3) is 16.9. The van der Waals surface area contributed by atoms with Gasteiger partial charge < -0.3 is 74.5 Å². The van der Waals surface area contributed by atoms with E-state index in [2.05, 4.69) is 52.2 Å². The summed E-state index contributed by atoms with van der Waals surface area (Å²) >= 11 is 0. The number of nitrogens with one attached hydrogen (secondary N) is 11. The predicted octanol–water partition coefficient (Wildman–Crippen LogP) is 2.96. The number of carbonyl (C=O) groups is 7. The number of amides is 6. The first-order valence-electron chi connectivity index (χ1n) is 27.1. The number of rotatable bonds is 31. The minimum absolute atomic E-state index is 0.0270. The van der Waals surface area contributed by atoms with Crippen LogP contribution in [-0.4, -0.2) is 123 Å². The molecular formula is C57H78N14O8. The molecular weight excluding hydrogens is 1010 g/mol. The van der Waals surface area contributed by atoms with Gasteiger partial charge in [-0.1, -0.05) is 88.7 Å². The van der Waals surface area contributed by atoms with E-state index in [9.17, 15) is 38.7 Å². The summed E-state index contributed by atoms with van der Waals surface area (Å²) in [6, 6.07) is 13.8. The summed E-state index contributed by atoms with van der Waals surface area (Å²) < 4.78 is 0. The number of fused-ring (bicyclic) bond motifs is 3. The number of unbranched alkanes of at least 4 members (excludes halogenated alkanes) is 1. The van der Waals surface area contributed by atoms with Crippen molar-refractivity contribution in [2.24, 2.45) is 29.0 Å². The molecule has 3 aromatic heterocycles. The number of carboxylic acids is 1. The van der Waals surface area contributed by atoms with Crippen molar-refractivity contribution < 1.29 is 38.7 Å². The number of H-pyrrole nitrogens is 3. The number of aromatic nitrogens is 3. The highest BCUT2D eigenvalue weighted by Crippen LogP contribution is 2.23. The van der Waals surface area contributed by atoms with Crippen molar-refractivity contribution in [3.05, 3.63) is 108 Å². The minimum Gasteiger partial charge on any atom is -0.480 e. The number of nitrogens with two attached hydrogens (primary N) is 3. The molecule has 424 valence electrons. The molecule has 8 atom stereocenters. The first kappa shape index (κ1) is 60.0. The molecule has 18 N–H and O–H groups in total. The highest BCUT2D eigenvalue weighted by atomic mass is 16.4. The van der Waals surface area contributed by atoms with Crippen molar-refractivity contribution in [2.45, 2.75) is 134 Å². The zero-order chi connectivity index (χ0) is 57.2. The second-order valence-electron chi connectivity index (χ2n) is 20.7. The molecule has 6 amide bonds. The summed E-state index contributed by atoms with van der Waals surface area (Å²) in [5.74, 6) is -6.27. The summed E-state index contributed by atoms with van der Waals surface area (Å²) in [5, 5.41) is 39.6. The van der Waals surface area contributed by atoms with Gasteiger partial charge in [-0.25, -0.2) is 4.79 Å². The number of carbonyl (C=O) groups excluding carboxylic acids is 6. The Morgan fingerprint density at radius 1 is 0.557 bits per heavy atom. The summed E-state index contributed by atoms with van der Waals surface area (Å²) in [6.45, 7) is 8.01. The molecule has 0 bridgehead atoms. The largest absolute Gasteiger partial charge is 0.480 e. The van der Waals surface area contributed by atoms with Gasteiger partial charge in [0.15, 0.2) is 5.96 Å². The average molecular weight is 1090 g/mol. The van der Waals surface area contributed by atoms with Gasteiger partial charge in [-0.15, -0.1) is 0 Å². The van der Waals surface area contributed by atoms with Gasteiger partial charge in [-0.2, -0.15) is 0 Å². The Morgan fingerprint density at radius 2 is 0.975 bits per heavy atom. The fourth-order valence-corrected chi connectivity index (χ4v) is 9.63. The van der Waals surface area contributed by atoms with Crippen LogP contribution in [0, 0.1) is 17.2 Å². The van der Waals surface area contributed by atoms with E-state index in [1.165, 1.54) is 0 Å². The number of hydrogen-bond donors (Lipinski definition) is 15. The molecule has 3 aromatic carbocycles. The highest BCUT2D eigenvalue weighted by molar-refractivity contribution is 5.98. The van der Waals surface area contributed by atoms with Gasteiger partial charge >= 0.3 is 5.97 Å². The van der Waals surface area contributed by atoms with Crippen LogP contribution in [-0.2, 0) is 52.8 Å². The number of aromatic amines is 3. The molecule has 0 aliphatic carbocycles. The lowest BCUT2D eigenvalue weighted by Gasteiger charge is -2.30. The van der Waals surface area contributed by atoms with Crippen LogP contribution in [0.1, 0.15) is 89.3 Å². The molecule has 0 unspecified atom stereocenters. The quantitative estimate of drug-likeness (QED) is 0.0170. The monoisotopic (exact) mass is 1090 g/mol. The van der Waals surface area contributed by atoms with Gasteiger partial charge in [-0.3, -0.25) is 34.2 Å². The van der Waals surface area contributed by atoms with E-state index in [0.717, 1.165) is 38.3 Å². The van der Waals surface area contributed by atoms with Crippen molar-refractivity contribution in [1.29, 1.82) is 5.41 Å². The van der Waals surface area contributed by atoms with Crippen LogP contribution in [0.25, 0.3) is 32.7 Å². The maximum atomic E-state index is 15.0. The molecule has 0 fully saturated rings. The molecule has 6 rings (SSSR count). The van der Waals surface area contributed by atoms with Crippen LogP contribution >= 0.6 is 0 Å². The summed E-state index contributed by atoms with van der Waals surface area (Å²) in [7, 11) is 0. The first-order valence-corrected chi connectivity index (χ1v) is 27.1. The van der Waals surface area contributed by atoms with E-state index in [-0.39, 0.29) is 50.4 Å². The SMILES string of the molecule is CC[C@H](C)[C@H](NC(=O)[C@H](Cc1c[nH]c2ccccc12)NC(=O)[C@@H](N)CCCNC(=N)N)C(=O)N[C@@H](Cc1c[nH]c2ccccc12)C(=O)N[C@@H](CC(C)C)C(=O)N[C@@H](Cc1c[nH]c2ccccc12)C(=O)N[C@@H](CCCCN)C(=O)O. The van der Waals surface area contributed by atoms with Gasteiger partial charge in [0.1, 0.15) is 36.3 Å². The number of para-hydroxylation sites is 3. The molecule has 0 spiro atoms. The van der Waals surface area contributed by atoms with E-state index < -0.39 is 89.6 Å². The fraction of sp³-hybridized carbons (Fsp3) is 0.439. The maximum absolute atomic E-state index is 15.0. The normalized spacial score (nSPS) is 14.5. The fourth-order valence-electron chi connectivity index (χ4n) is 9.63. The van der Waals surface area contributed by atoms with Gasteiger partial charge in [0.25, 0.3) is 0 Å². The van der Waals surface area contributed by atoms with Crippen LogP contribution in [0.5, 0.6) is 0 Å². The second-order valence-corrected chi connectivity index (χ2v) is 20.7. The van der Waals surface area contributed by atoms with Gasteiger partial charge in [0.2, 0.25) is 35.4 Å². The number of guanidine groups is 1. The highest BCUT2D eigenvalue weighted by Gasteiger charge is 2.36. The molecule has 6 aromatic rings. The van der Waals surface area contributed by atoms with Crippen LogP contribution in [0.15, 0.2) is 91.4 Å². The maximum Gasteiger partial charge on any atom is 0.326 e. The second kappa shape index (κ2) is 28.9. The molecule has 22 heteroatoms. The molecule has 79 heavy (non-hydrogen) atoms. The lowest BCUT2D eigenvalue weighted by molar-refractivity contribution is -0.142. The molecule has 0 aliphatic rings. The van der Waals surface area contributed by atoms with Gasteiger partial charge in [0, 0.05) is 77.1 Å². The van der Waals surface area contributed by atoms with E-state index in [4.69, 9.17) is 22.6 Å². The number of benzene rings is 3. The van der Waals surface area contributed by atoms with Crippen molar-refractivity contribution in [2.75, 3.05) is 13.1 Å². The van der Waals surface area contributed by atoms with Crippen LogP contribution in [0.2, 0.25) is 0 Å². The Bertz CT molecular complexity index is 3060. The molecule has 0 saturated carbocycles. The Labute approximate surface area is 459 Å². The summed E-state index contributed by atoms with van der Waals surface area (Å²) in [4.78, 5) is 109. The zero-order valence-electron chi connectivity index (χ0n) is 45.4. The third-order valence-electron chi connectivity index (χ3n) is 14.2. The number of aliphatic carboxylic acids is 1. The lowest BCUT2D eigenvalue weighted by atomic mass is 9.95. The molecule has 0 aliphatic heterocycles. The van der Waals surface area contributed by atoms with E-state index in [0.29, 0.717) is 49.9 Å². The Balaban J connectivity index is 1.28. The van der Waals surface area contributed by atoms with Crippen molar-refractivity contribution >= 4 is 80.1 Å². The molecule has 22 nitrogen and oxygen atoms in total. The van der Waals surface area contributed by atoms with Gasteiger partial charge in [-0.05, 0) is 91.8 Å². The minimum atomic E-state index is -1.33. The number of carboxylic acid groups (broad SMARTS) is 1. The summed E-state index contributed by atoms with van der Waals surface area (Å²) in [6.07, 6.45) is 7.43. The standard InChI is InChI=1S/C57H78N14O8/c1-5-33(4)49(71-54(76)48(28-36-31-65-43-21-11-8-17-39(36)43)67-50(72)40(59)18-14-24-62-57(60)61)55(77)70-47(27-35-30-64-42-20-10-7-16-38(35)42)53(75)68-45(25-32(2)3)51(73)69-46(26-34-29-63-41-19-9-6-15-37(34)41)52(74)66-44(56(78)79)22-12-13-23-58/h6-11,15-17,19-21,29-33,40,44-49,63-65H,5,12-14,18,22-28,58-59H2,1-4H3,(H,66,74)(H,67,72)(H,68,75)(H,69,73)(H,70,77)(H,71,76)(H,78,79)(H4,60,61,62)/t33-,40-,44-,45-,46-,47-,48-,49-/m0/s1. The Hall–Kier alpha value is -8.24. The van der Waals surface area contributed by atoms with E-state index in [1.807, 2.05) is 93.6 Å². The summed E-state index contributed by atoms with van der Waals surface area (Å²) in [5.41, 5.74) is 21.9. The van der Waals surface area contributed by atoms with E-state index in [1.54, 1.807) is 25.5 Å². The Kier molecular flexibility index (Phi) is 22.0. The molecule has 3 heterocycles. The van der Waals surface area contributed by atoms with E-state index >= 15 is 0 Å². The topological polar surface area (TPSA) is 373 Å². The lowest BCUT2D eigenvalue weighted by Crippen LogP contribution is -2.61. The van der Waals surface area contributed by atoms with Crippen LogP contribution in [0.3, 0.4) is 0 Å². The number of hydrogen-bond acceptors (Lipinski definition) is 10. The molecule has 0 saturated heterocycles. The third-order valence-corrected chi connectivity index (χ3v) is 14.2. The average Bonchev–Trinajstić information content (AvgIpc) is 4.22. The Morgan fingerprint density at radius 3 is 1.42 bits per heavy atom. The van der Waals surface area contributed by atoms with Crippen molar-refractivity contribution in [3.63, 3.8) is 0 Å². The van der Waals surface area contributed by atoms with Gasteiger partial charge in [0.05, 0.1) is 6.04 Å². The van der Waals surface area contributed by atoms with Crippen LogP contribution < -0.4 is 54.4 Å². The molecule has 0 radical (unpaired) electrons.